The lowest BCUT2D eigenvalue weighted by molar-refractivity contribution is -0.139. The molecule has 0 bridgehead atoms. The van der Waals surface area contributed by atoms with Crippen molar-refractivity contribution in [2.75, 3.05) is 53.0 Å². The number of aliphatic hydroxyl groups excluding tert-OH is 1. The minimum absolute atomic E-state index is 0.185. The zero-order valence-corrected chi connectivity index (χ0v) is 14.5. The van der Waals surface area contributed by atoms with Crippen LogP contribution in [0.15, 0.2) is 12.1 Å². The topological polar surface area (TPSA) is 82.5 Å². The zero-order chi connectivity index (χ0) is 17.5. The summed E-state index contributed by atoms with van der Waals surface area (Å²) in [6.45, 7) is 4.82. The zero-order valence-electron chi connectivity index (χ0n) is 13.7. The van der Waals surface area contributed by atoms with Gasteiger partial charge in [-0.2, -0.15) is 0 Å². The molecule has 1 heterocycles. The van der Waals surface area contributed by atoms with Gasteiger partial charge in [0.15, 0.2) is 18.1 Å². The summed E-state index contributed by atoms with van der Waals surface area (Å²) in [6, 6.07) is 3.60. The number of hydrogen-bond donors (Lipinski definition) is 2. The second kappa shape index (κ2) is 9.08. The molecule has 2 N–H and O–H groups in total. The predicted molar refractivity (Wildman–Crippen MR) is 89.9 cm³/mol. The molecule has 8 heteroatoms. The maximum Gasteiger partial charge on any atom is 0.341 e. The molecule has 0 saturated carbocycles. The minimum Gasteiger partial charge on any atom is -0.493 e. The van der Waals surface area contributed by atoms with E-state index in [2.05, 4.69) is 9.80 Å². The van der Waals surface area contributed by atoms with Crippen molar-refractivity contribution in [1.82, 2.24) is 9.80 Å². The van der Waals surface area contributed by atoms with Crippen LogP contribution in [0, 0.1) is 0 Å². The Morgan fingerprint density at radius 2 is 1.92 bits per heavy atom. The van der Waals surface area contributed by atoms with Crippen LogP contribution in [-0.2, 0) is 11.3 Å². The molecule has 0 unspecified atom stereocenters. The Bertz CT molecular complexity index is 562. The molecule has 7 nitrogen and oxygen atoms in total. The SMILES string of the molecule is COc1cc(CN2CCN(CCO)CC2)cc(Cl)c1OCC(=O)O. The number of nitrogens with zero attached hydrogens (tertiary/aromatic N) is 2. The number of aliphatic hydroxyl groups is 1. The van der Waals surface area contributed by atoms with Crippen LogP contribution in [0.2, 0.25) is 5.02 Å². The van der Waals surface area contributed by atoms with E-state index in [1.165, 1.54) is 7.11 Å². The number of methoxy groups -OCH3 is 1. The maximum absolute atomic E-state index is 10.7. The average Bonchev–Trinajstić information content (AvgIpc) is 2.55. The largest absolute Gasteiger partial charge is 0.493 e. The van der Waals surface area contributed by atoms with E-state index in [0.29, 0.717) is 17.3 Å². The van der Waals surface area contributed by atoms with Gasteiger partial charge >= 0.3 is 5.97 Å². The fourth-order valence-corrected chi connectivity index (χ4v) is 3.00. The number of rotatable bonds is 8. The average molecular weight is 359 g/mol. The van der Waals surface area contributed by atoms with Gasteiger partial charge in [-0.3, -0.25) is 9.80 Å². The van der Waals surface area contributed by atoms with Crippen LogP contribution in [0.4, 0.5) is 0 Å². The van der Waals surface area contributed by atoms with E-state index in [0.717, 1.165) is 38.3 Å². The minimum atomic E-state index is -1.07. The van der Waals surface area contributed by atoms with Gasteiger partial charge in [-0.1, -0.05) is 11.6 Å². The van der Waals surface area contributed by atoms with Crippen LogP contribution in [0.1, 0.15) is 5.56 Å². The van der Waals surface area contributed by atoms with E-state index in [1.807, 2.05) is 6.07 Å². The number of carbonyl (C=O) groups is 1. The number of β-amino-alcohol motifs (C(OH)–C–C–N with tert-alkyl or cyclic N) is 1. The molecule has 1 aliphatic heterocycles. The molecule has 0 spiro atoms. The third kappa shape index (κ3) is 5.24. The van der Waals surface area contributed by atoms with Gasteiger partial charge in [0.1, 0.15) is 0 Å². The molecule has 0 atom stereocenters. The number of piperazine rings is 1. The van der Waals surface area contributed by atoms with E-state index < -0.39 is 12.6 Å². The van der Waals surface area contributed by atoms with Crippen molar-refractivity contribution in [1.29, 1.82) is 0 Å². The summed E-state index contributed by atoms with van der Waals surface area (Å²) in [4.78, 5) is 15.2. The van der Waals surface area contributed by atoms with Crippen molar-refractivity contribution >= 4 is 17.6 Å². The molecule has 1 aliphatic rings. The lowest BCUT2D eigenvalue weighted by atomic mass is 10.1. The maximum atomic E-state index is 10.7. The molecule has 0 radical (unpaired) electrons. The number of ether oxygens (including phenoxy) is 2. The first-order valence-corrected chi connectivity index (χ1v) is 8.18. The summed E-state index contributed by atoms with van der Waals surface area (Å²) in [5, 5.41) is 18.0. The van der Waals surface area contributed by atoms with E-state index in [4.69, 9.17) is 31.3 Å². The summed E-state index contributed by atoms with van der Waals surface area (Å²) >= 11 is 6.23. The molecule has 1 fully saturated rings. The third-order valence-electron chi connectivity index (χ3n) is 3.92. The molecule has 1 aromatic carbocycles. The van der Waals surface area contributed by atoms with Gasteiger partial charge in [-0.25, -0.2) is 4.79 Å². The Morgan fingerprint density at radius 1 is 1.25 bits per heavy atom. The number of halogens is 1. The lowest BCUT2D eigenvalue weighted by Crippen LogP contribution is -2.46. The van der Waals surface area contributed by atoms with E-state index in [-0.39, 0.29) is 12.4 Å². The van der Waals surface area contributed by atoms with Crippen LogP contribution in [0.25, 0.3) is 0 Å². The highest BCUT2D eigenvalue weighted by atomic mass is 35.5. The van der Waals surface area contributed by atoms with Crippen molar-refractivity contribution in [3.05, 3.63) is 22.7 Å². The van der Waals surface area contributed by atoms with E-state index in [9.17, 15) is 4.79 Å². The van der Waals surface area contributed by atoms with Crippen LogP contribution in [0.5, 0.6) is 11.5 Å². The summed E-state index contributed by atoms with van der Waals surface area (Å²) in [6.07, 6.45) is 0. The summed E-state index contributed by atoms with van der Waals surface area (Å²) in [5.41, 5.74) is 0.982. The van der Waals surface area contributed by atoms with Crippen LogP contribution >= 0.6 is 11.6 Å². The first kappa shape index (κ1) is 18.8. The molecule has 0 aliphatic carbocycles. The van der Waals surface area contributed by atoms with Gasteiger partial charge in [0, 0.05) is 39.3 Å². The van der Waals surface area contributed by atoms with Crippen LogP contribution < -0.4 is 9.47 Å². The second-order valence-corrected chi connectivity index (χ2v) is 6.04. The monoisotopic (exact) mass is 358 g/mol. The fourth-order valence-electron chi connectivity index (χ4n) is 2.71. The highest BCUT2D eigenvalue weighted by molar-refractivity contribution is 6.32. The van der Waals surface area contributed by atoms with Crippen molar-refractivity contribution in [3.8, 4) is 11.5 Å². The van der Waals surface area contributed by atoms with Gasteiger partial charge < -0.3 is 19.7 Å². The van der Waals surface area contributed by atoms with Crippen LogP contribution in [0.3, 0.4) is 0 Å². The second-order valence-electron chi connectivity index (χ2n) is 5.63. The van der Waals surface area contributed by atoms with Crippen molar-refractivity contribution < 1.29 is 24.5 Å². The Labute approximate surface area is 146 Å². The molecule has 0 amide bonds. The summed E-state index contributed by atoms with van der Waals surface area (Å²) < 4.78 is 10.5. The third-order valence-corrected chi connectivity index (χ3v) is 4.20. The van der Waals surface area contributed by atoms with E-state index in [1.54, 1.807) is 6.07 Å². The highest BCUT2D eigenvalue weighted by Gasteiger charge is 2.19. The Hall–Kier alpha value is -1.54. The highest BCUT2D eigenvalue weighted by Crippen LogP contribution is 2.36. The van der Waals surface area contributed by atoms with Gasteiger partial charge in [0.05, 0.1) is 18.7 Å². The summed E-state index contributed by atoms with van der Waals surface area (Å²) in [7, 11) is 1.50. The number of aliphatic carboxylic acids is 1. The van der Waals surface area contributed by atoms with Crippen LogP contribution in [-0.4, -0.2) is 79.0 Å². The Balaban J connectivity index is 2.01. The number of benzene rings is 1. The Kier molecular flexibility index (Phi) is 7.11. The number of carboxylic acid groups (broad SMARTS) is 1. The van der Waals surface area contributed by atoms with Gasteiger partial charge in [0.25, 0.3) is 0 Å². The molecular weight excluding hydrogens is 336 g/mol. The van der Waals surface area contributed by atoms with Gasteiger partial charge in [-0.05, 0) is 17.7 Å². The van der Waals surface area contributed by atoms with Crippen molar-refractivity contribution in [2.45, 2.75) is 6.54 Å². The molecule has 0 aromatic heterocycles. The predicted octanol–water partition coefficient (Wildman–Crippen LogP) is 0.922. The fraction of sp³-hybridized carbons (Fsp3) is 0.562. The number of hydrogen-bond acceptors (Lipinski definition) is 6. The molecule has 24 heavy (non-hydrogen) atoms. The molecule has 1 aromatic rings. The quantitative estimate of drug-likeness (QED) is 0.715. The smallest absolute Gasteiger partial charge is 0.341 e. The van der Waals surface area contributed by atoms with Crippen molar-refractivity contribution in [3.63, 3.8) is 0 Å². The Morgan fingerprint density at radius 3 is 2.50 bits per heavy atom. The standard InChI is InChI=1S/C16H23ClN2O5/c1-23-14-9-12(8-13(17)16(14)24-11-15(21)22)10-19-4-2-18(3-5-19)6-7-20/h8-9,20H,2-7,10-11H2,1H3,(H,21,22). The lowest BCUT2D eigenvalue weighted by Gasteiger charge is -2.34. The molecule has 1 saturated heterocycles. The first-order valence-electron chi connectivity index (χ1n) is 7.80. The molecule has 2 rings (SSSR count). The first-order chi connectivity index (χ1) is 11.5. The molecule has 134 valence electrons. The van der Waals surface area contributed by atoms with Gasteiger partial charge in [-0.15, -0.1) is 0 Å². The normalized spacial score (nSPS) is 16.1. The summed E-state index contributed by atoms with van der Waals surface area (Å²) in [5.74, 6) is -0.395. The van der Waals surface area contributed by atoms with Gasteiger partial charge in [0.2, 0.25) is 0 Å². The number of carboxylic acids is 1. The van der Waals surface area contributed by atoms with Crippen molar-refractivity contribution in [2.24, 2.45) is 0 Å². The van der Waals surface area contributed by atoms with E-state index >= 15 is 0 Å². The molecular formula is C16H23ClN2O5.